The van der Waals surface area contributed by atoms with Gasteiger partial charge in [0.05, 0.1) is 6.61 Å². The summed E-state index contributed by atoms with van der Waals surface area (Å²) < 4.78 is 34.6. The monoisotopic (exact) mass is 520 g/mol. The molecular formula is C35H46F2O. The first-order valence-corrected chi connectivity index (χ1v) is 14.9. The third-order valence-corrected chi connectivity index (χ3v) is 7.32. The Balaban J connectivity index is 1.41. The van der Waals surface area contributed by atoms with Gasteiger partial charge in [0.25, 0.3) is 5.92 Å². The molecule has 0 aliphatic carbocycles. The highest BCUT2D eigenvalue weighted by atomic mass is 19.3. The van der Waals surface area contributed by atoms with Gasteiger partial charge in [0.15, 0.2) is 0 Å². The zero-order valence-corrected chi connectivity index (χ0v) is 23.5. The van der Waals surface area contributed by atoms with E-state index < -0.39 is 5.92 Å². The van der Waals surface area contributed by atoms with E-state index in [2.05, 4.69) is 43.3 Å². The van der Waals surface area contributed by atoms with Crippen molar-refractivity contribution in [2.45, 2.75) is 103 Å². The maximum Gasteiger partial charge on any atom is 0.273 e. The Morgan fingerprint density at radius 2 is 0.895 bits per heavy atom. The first-order chi connectivity index (χ1) is 18.5. The van der Waals surface area contributed by atoms with E-state index in [0.29, 0.717) is 6.42 Å². The van der Waals surface area contributed by atoms with Crippen molar-refractivity contribution in [3.63, 3.8) is 0 Å². The van der Waals surface area contributed by atoms with Gasteiger partial charge in [0.1, 0.15) is 5.75 Å². The van der Waals surface area contributed by atoms with E-state index in [1.54, 1.807) is 24.3 Å². The lowest BCUT2D eigenvalue weighted by Crippen LogP contribution is -2.12. The highest BCUT2D eigenvalue weighted by Crippen LogP contribution is 2.35. The van der Waals surface area contributed by atoms with E-state index in [1.807, 2.05) is 19.1 Å². The Morgan fingerprint density at radius 1 is 0.500 bits per heavy atom. The predicted octanol–water partition coefficient (Wildman–Crippen LogP) is 11.6. The fourth-order valence-corrected chi connectivity index (χ4v) is 4.83. The average molecular weight is 521 g/mol. The van der Waals surface area contributed by atoms with Gasteiger partial charge in [0, 0.05) is 12.0 Å². The van der Waals surface area contributed by atoms with Gasteiger partial charge in [-0.05, 0) is 47.2 Å². The van der Waals surface area contributed by atoms with Gasteiger partial charge in [-0.1, -0.05) is 139 Å². The zero-order valence-electron chi connectivity index (χ0n) is 23.5. The summed E-state index contributed by atoms with van der Waals surface area (Å²) in [5, 5.41) is 0. The van der Waals surface area contributed by atoms with E-state index in [-0.39, 0.29) is 12.0 Å². The summed E-state index contributed by atoms with van der Waals surface area (Å²) in [4.78, 5) is 0. The van der Waals surface area contributed by atoms with Crippen molar-refractivity contribution in [3.8, 4) is 28.0 Å². The van der Waals surface area contributed by atoms with Crippen LogP contribution in [0.3, 0.4) is 0 Å². The van der Waals surface area contributed by atoms with E-state index in [0.717, 1.165) is 47.5 Å². The Morgan fingerprint density at radius 3 is 1.37 bits per heavy atom. The minimum absolute atomic E-state index is 0.0965. The summed E-state index contributed by atoms with van der Waals surface area (Å²) in [6.07, 6.45) is 14.5. The number of hydrogen-bond donors (Lipinski definition) is 0. The number of hydrogen-bond acceptors (Lipinski definition) is 1. The first kappa shape index (κ1) is 29.9. The second-order valence-electron chi connectivity index (χ2n) is 10.5. The standard InChI is InChI=1S/C35H46F2O/c1-3-5-7-8-9-10-11-12-13-14-28-38-34-25-21-32(22-26-34)30-17-15-29(16-18-30)31-19-23-33(24-20-31)35(36,37)27-6-4-2/h15-26H,3-14,27-28H2,1-2H3. The maximum atomic E-state index is 14.3. The maximum absolute atomic E-state index is 14.3. The normalized spacial score (nSPS) is 11.6. The van der Waals surface area contributed by atoms with Crippen LogP contribution in [0.15, 0.2) is 72.8 Å². The molecule has 3 heteroatoms. The van der Waals surface area contributed by atoms with Crippen LogP contribution in [0.5, 0.6) is 5.75 Å². The van der Waals surface area contributed by atoms with Gasteiger partial charge < -0.3 is 4.74 Å². The molecule has 0 radical (unpaired) electrons. The fraction of sp³-hybridized carbons (Fsp3) is 0.486. The predicted molar refractivity (Wildman–Crippen MR) is 158 cm³/mol. The van der Waals surface area contributed by atoms with Crippen LogP contribution in [-0.4, -0.2) is 6.61 Å². The lowest BCUT2D eigenvalue weighted by Gasteiger charge is -2.16. The van der Waals surface area contributed by atoms with Gasteiger partial charge in [-0.3, -0.25) is 0 Å². The van der Waals surface area contributed by atoms with Gasteiger partial charge in [-0.2, -0.15) is 0 Å². The summed E-state index contributed by atoms with van der Waals surface area (Å²) in [6, 6.07) is 23.2. The van der Waals surface area contributed by atoms with Gasteiger partial charge in [-0.25, -0.2) is 8.78 Å². The van der Waals surface area contributed by atoms with Crippen molar-refractivity contribution in [3.05, 3.63) is 78.4 Å². The summed E-state index contributed by atoms with van der Waals surface area (Å²) >= 11 is 0. The lowest BCUT2D eigenvalue weighted by atomic mass is 9.97. The van der Waals surface area contributed by atoms with Crippen LogP contribution in [0.4, 0.5) is 8.78 Å². The van der Waals surface area contributed by atoms with Crippen molar-refractivity contribution in [2.24, 2.45) is 0 Å². The molecule has 206 valence electrons. The van der Waals surface area contributed by atoms with Crippen LogP contribution in [0, 0.1) is 0 Å². The Bertz CT molecular complexity index is 1020. The number of unbranched alkanes of at least 4 members (excludes halogenated alkanes) is 10. The van der Waals surface area contributed by atoms with Crippen LogP contribution < -0.4 is 4.74 Å². The van der Waals surface area contributed by atoms with Crippen LogP contribution in [-0.2, 0) is 5.92 Å². The molecule has 0 saturated carbocycles. The Hall–Kier alpha value is -2.68. The smallest absolute Gasteiger partial charge is 0.273 e. The second kappa shape index (κ2) is 16.3. The average Bonchev–Trinajstić information content (AvgIpc) is 2.95. The van der Waals surface area contributed by atoms with Crippen LogP contribution in [0.1, 0.15) is 103 Å². The molecule has 1 nitrogen and oxygen atoms in total. The molecule has 0 spiro atoms. The Labute approximate surface area is 229 Å². The topological polar surface area (TPSA) is 9.23 Å². The molecule has 0 aliphatic rings. The molecule has 0 bridgehead atoms. The first-order valence-electron chi connectivity index (χ1n) is 14.9. The van der Waals surface area contributed by atoms with E-state index in [1.165, 1.54) is 57.8 Å². The summed E-state index contributed by atoms with van der Waals surface area (Å²) in [7, 11) is 0. The third-order valence-electron chi connectivity index (χ3n) is 7.32. The SMILES string of the molecule is CCCCCCCCCCCCOc1ccc(-c2ccc(-c3ccc(C(F)(F)CCCC)cc3)cc2)cc1. The van der Waals surface area contributed by atoms with E-state index in [4.69, 9.17) is 4.74 Å². The highest BCUT2D eigenvalue weighted by Gasteiger charge is 2.30. The number of benzene rings is 3. The number of rotatable bonds is 18. The van der Waals surface area contributed by atoms with Crippen LogP contribution in [0.2, 0.25) is 0 Å². The zero-order chi connectivity index (χ0) is 27.1. The fourth-order valence-electron chi connectivity index (χ4n) is 4.83. The van der Waals surface area contributed by atoms with E-state index in [9.17, 15) is 8.78 Å². The molecule has 3 aromatic carbocycles. The van der Waals surface area contributed by atoms with Crippen molar-refractivity contribution in [1.29, 1.82) is 0 Å². The quantitative estimate of drug-likeness (QED) is 0.152. The third kappa shape index (κ3) is 9.89. The summed E-state index contributed by atoms with van der Waals surface area (Å²) in [6.45, 7) is 4.97. The molecule has 0 N–H and O–H groups in total. The van der Waals surface area contributed by atoms with Gasteiger partial charge >= 0.3 is 0 Å². The van der Waals surface area contributed by atoms with Gasteiger partial charge in [-0.15, -0.1) is 0 Å². The number of ether oxygens (including phenoxy) is 1. The lowest BCUT2D eigenvalue weighted by molar-refractivity contribution is -0.0154. The van der Waals surface area contributed by atoms with Crippen LogP contribution in [0.25, 0.3) is 22.3 Å². The Kier molecular flexibility index (Phi) is 12.8. The second-order valence-corrected chi connectivity index (χ2v) is 10.5. The molecular weight excluding hydrogens is 474 g/mol. The minimum Gasteiger partial charge on any atom is -0.494 e. The molecule has 3 rings (SSSR count). The number of halogens is 2. The summed E-state index contributed by atoms with van der Waals surface area (Å²) in [5.74, 6) is -1.85. The largest absolute Gasteiger partial charge is 0.494 e. The van der Waals surface area contributed by atoms with Crippen LogP contribution >= 0.6 is 0 Å². The summed E-state index contributed by atoms with van der Waals surface area (Å²) in [5.41, 5.74) is 4.32. The molecule has 0 saturated heterocycles. The van der Waals surface area contributed by atoms with Crippen molar-refractivity contribution < 1.29 is 13.5 Å². The van der Waals surface area contributed by atoms with Crippen molar-refractivity contribution in [2.75, 3.05) is 6.61 Å². The molecule has 0 aliphatic heterocycles. The molecule has 0 heterocycles. The molecule has 0 amide bonds. The van der Waals surface area contributed by atoms with Gasteiger partial charge in [0.2, 0.25) is 0 Å². The molecule has 3 aromatic rings. The van der Waals surface area contributed by atoms with Crippen molar-refractivity contribution >= 4 is 0 Å². The van der Waals surface area contributed by atoms with E-state index >= 15 is 0 Å². The minimum atomic E-state index is -2.76. The number of alkyl halides is 2. The van der Waals surface area contributed by atoms with Crippen molar-refractivity contribution in [1.82, 2.24) is 0 Å². The molecule has 0 unspecified atom stereocenters. The molecule has 0 atom stereocenters. The highest BCUT2D eigenvalue weighted by molar-refractivity contribution is 5.70. The molecule has 0 fully saturated rings. The molecule has 0 aromatic heterocycles. The molecule has 38 heavy (non-hydrogen) atoms.